The molecule has 2 nitrogen and oxygen atoms in total. The summed E-state index contributed by atoms with van der Waals surface area (Å²) in [5.41, 5.74) is 10.8. The third-order valence-electron chi connectivity index (χ3n) is 7.03. The SMILES string of the molecule is Cc1cc(C)cc(SCCN=C2C(=Nc3c(C(C)C)cccc3C(C)C)c3cccc4cccc2c34)c1. The maximum Gasteiger partial charge on any atom is 0.0974 e. The van der Waals surface area contributed by atoms with E-state index in [-0.39, 0.29) is 0 Å². The molecule has 0 amide bonds. The zero-order valence-corrected chi connectivity index (χ0v) is 23.6. The Hall–Kier alpha value is -3.17. The standard InChI is InChI=1S/C34H36N2S/c1-21(2)27-12-9-13-28(22(3)4)32(27)36-34-30-15-8-11-25-10-7-14-29(31(25)30)33(34)35-16-17-37-26-19-23(5)18-24(6)20-26/h7-15,18-22H,16-17H2,1-6H3. The number of benzene rings is 4. The van der Waals surface area contributed by atoms with Crippen LogP contribution in [0.1, 0.15) is 72.9 Å². The number of aliphatic imine (C=N–C) groups is 2. The number of para-hydroxylation sites is 1. The van der Waals surface area contributed by atoms with Gasteiger partial charge in [0.25, 0.3) is 0 Å². The molecule has 0 saturated heterocycles. The van der Waals surface area contributed by atoms with Gasteiger partial charge in [-0.05, 0) is 65.5 Å². The van der Waals surface area contributed by atoms with Crippen LogP contribution < -0.4 is 0 Å². The average molecular weight is 505 g/mol. The van der Waals surface area contributed by atoms with Crippen LogP contribution in [0.5, 0.6) is 0 Å². The highest BCUT2D eigenvalue weighted by atomic mass is 32.2. The van der Waals surface area contributed by atoms with Crippen LogP contribution in [0.3, 0.4) is 0 Å². The van der Waals surface area contributed by atoms with Gasteiger partial charge in [-0.1, -0.05) is 88.4 Å². The van der Waals surface area contributed by atoms with Gasteiger partial charge in [0.15, 0.2) is 0 Å². The Bertz CT molecular complexity index is 1470. The van der Waals surface area contributed by atoms with E-state index in [2.05, 4.69) is 114 Å². The summed E-state index contributed by atoms with van der Waals surface area (Å²) < 4.78 is 0. The molecule has 0 atom stereocenters. The predicted octanol–water partition coefficient (Wildman–Crippen LogP) is 9.42. The lowest BCUT2D eigenvalue weighted by molar-refractivity contribution is 0.835. The quantitative estimate of drug-likeness (QED) is 0.182. The zero-order chi connectivity index (χ0) is 26.1. The third-order valence-corrected chi connectivity index (χ3v) is 7.99. The third kappa shape index (κ3) is 5.15. The zero-order valence-electron chi connectivity index (χ0n) is 22.8. The summed E-state index contributed by atoms with van der Waals surface area (Å²) >= 11 is 1.88. The van der Waals surface area contributed by atoms with Crippen molar-refractivity contribution in [1.82, 2.24) is 0 Å². The summed E-state index contributed by atoms with van der Waals surface area (Å²) in [4.78, 5) is 12.0. The molecule has 0 bridgehead atoms. The minimum Gasteiger partial charge on any atom is -0.282 e. The van der Waals surface area contributed by atoms with Crippen molar-refractivity contribution in [3.8, 4) is 0 Å². The van der Waals surface area contributed by atoms with Gasteiger partial charge in [0, 0.05) is 33.7 Å². The Morgan fingerprint density at radius 1 is 0.703 bits per heavy atom. The molecule has 0 radical (unpaired) electrons. The molecule has 0 fully saturated rings. The van der Waals surface area contributed by atoms with Gasteiger partial charge in [0.05, 0.1) is 17.1 Å². The van der Waals surface area contributed by atoms with Crippen molar-refractivity contribution >= 4 is 39.6 Å². The molecule has 4 aromatic rings. The summed E-state index contributed by atoms with van der Waals surface area (Å²) in [5.74, 6) is 1.73. The van der Waals surface area contributed by atoms with E-state index in [1.54, 1.807) is 0 Å². The first-order valence-corrected chi connectivity index (χ1v) is 14.3. The Morgan fingerprint density at radius 3 is 1.86 bits per heavy atom. The minimum atomic E-state index is 0.396. The molecule has 3 heteroatoms. The Balaban J connectivity index is 1.58. The van der Waals surface area contributed by atoms with E-state index in [1.807, 2.05) is 11.8 Å². The average Bonchev–Trinajstić information content (AvgIpc) is 3.15. The largest absolute Gasteiger partial charge is 0.282 e. The monoisotopic (exact) mass is 504 g/mol. The molecule has 0 saturated carbocycles. The van der Waals surface area contributed by atoms with Crippen LogP contribution in [-0.4, -0.2) is 23.7 Å². The first-order valence-electron chi connectivity index (χ1n) is 13.3. The summed E-state index contributed by atoms with van der Waals surface area (Å²) in [6.45, 7) is 14.1. The van der Waals surface area contributed by atoms with E-state index in [1.165, 1.54) is 49.0 Å². The van der Waals surface area contributed by atoms with Gasteiger partial charge < -0.3 is 0 Å². The van der Waals surface area contributed by atoms with Gasteiger partial charge in [0.1, 0.15) is 0 Å². The highest BCUT2D eigenvalue weighted by Gasteiger charge is 2.27. The number of hydrogen-bond acceptors (Lipinski definition) is 3. The first kappa shape index (κ1) is 25.5. The fourth-order valence-electron chi connectivity index (χ4n) is 5.35. The van der Waals surface area contributed by atoms with Crippen LogP contribution in [0.2, 0.25) is 0 Å². The van der Waals surface area contributed by atoms with E-state index in [0.717, 1.165) is 29.4 Å². The molecule has 1 aliphatic rings. The maximum atomic E-state index is 5.46. The second kappa shape index (κ2) is 10.7. The highest BCUT2D eigenvalue weighted by molar-refractivity contribution is 7.99. The molecule has 37 heavy (non-hydrogen) atoms. The van der Waals surface area contributed by atoms with Gasteiger partial charge >= 0.3 is 0 Å². The van der Waals surface area contributed by atoms with E-state index in [4.69, 9.17) is 9.98 Å². The second-order valence-electron chi connectivity index (χ2n) is 10.7. The molecule has 188 valence electrons. The molecule has 0 N–H and O–H groups in total. The number of hydrogen-bond donors (Lipinski definition) is 0. The number of thioether (sulfide) groups is 1. The molecule has 4 aromatic carbocycles. The van der Waals surface area contributed by atoms with Gasteiger partial charge in [-0.25, -0.2) is 4.99 Å². The molecule has 0 aromatic heterocycles. The molecule has 0 heterocycles. The summed E-state index contributed by atoms with van der Waals surface area (Å²) in [7, 11) is 0. The van der Waals surface area contributed by atoms with Crippen molar-refractivity contribution in [1.29, 1.82) is 0 Å². The fourth-order valence-corrected chi connectivity index (χ4v) is 6.31. The lowest BCUT2D eigenvalue weighted by Crippen LogP contribution is -2.12. The Morgan fingerprint density at radius 2 is 1.27 bits per heavy atom. The van der Waals surface area contributed by atoms with Crippen LogP contribution in [-0.2, 0) is 0 Å². The van der Waals surface area contributed by atoms with Crippen LogP contribution >= 0.6 is 11.8 Å². The Kier molecular flexibility index (Phi) is 7.35. The number of nitrogens with zero attached hydrogens (tertiary/aromatic N) is 2. The van der Waals surface area contributed by atoms with Crippen molar-refractivity contribution in [2.45, 2.75) is 58.3 Å². The maximum absolute atomic E-state index is 5.46. The van der Waals surface area contributed by atoms with Crippen molar-refractivity contribution in [3.05, 3.63) is 106 Å². The van der Waals surface area contributed by atoms with Crippen molar-refractivity contribution in [2.24, 2.45) is 9.98 Å². The lowest BCUT2D eigenvalue weighted by atomic mass is 9.92. The smallest absolute Gasteiger partial charge is 0.0974 e. The molecule has 0 spiro atoms. The van der Waals surface area contributed by atoms with Gasteiger partial charge in [-0.2, -0.15) is 0 Å². The van der Waals surface area contributed by atoms with Gasteiger partial charge in [-0.15, -0.1) is 11.8 Å². The highest BCUT2D eigenvalue weighted by Crippen LogP contribution is 2.38. The fraction of sp³-hybridized carbons (Fsp3) is 0.294. The van der Waals surface area contributed by atoms with Crippen LogP contribution in [0.4, 0.5) is 5.69 Å². The molecule has 1 aliphatic carbocycles. The topological polar surface area (TPSA) is 24.7 Å². The molecule has 0 unspecified atom stereocenters. The number of rotatable bonds is 7. The lowest BCUT2D eigenvalue weighted by Gasteiger charge is -2.17. The van der Waals surface area contributed by atoms with Crippen molar-refractivity contribution in [2.75, 3.05) is 12.3 Å². The minimum absolute atomic E-state index is 0.396. The van der Waals surface area contributed by atoms with Gasteiger partial charge in [-0.3, -0.25) is 4.99 Å². The van der Waals surface area contributed by atoms with E-state index in [0.29, 0.717) is 11.8 Å². The van der Waals surface area contributed by atoms with Crippen molar-refractivity contribution in [3.63, 3.8) is 0 Å². The van der Waals surface area contributed by atoms with Crippen LogP contribution in [0, 0.1) is 13.8 Å². The van der Waals surface area contributed by atoms with Crippen LogP contribution in [0.15, 0.2) is 87.7 Å². The Labute approximate surface area is 226 Å². The molecule has 5 rings (SSSR count). The van der Waals surface area contributed by atoms with Gasteiger partial charge in [0.2, 0.25) is 0 Å². The van der Waals surface area contributed by atoms with E-state index >= 15 is 0 Å². The molecular weight excluding hydrogens is 468 g/mol. The molecular formula is C34H36N2S. The summed E-state index contributed by atoms with van der Waals surface area (Å²) in [6, 6.07) is 26.5. The van der Waals surface area contributed by atoms with E-state index in [9.17, 15) is 0 Å². The normalized spacial score (nSPS) is 15.1. The first-order chi connectivity index (χ1) is 17.8. The van der Waals surface area contributed by atoms with E-state index < -0.39 is 0 Å². The number of aryl methyl sites for hydroxylation is 2. The summed E-state index contributed by atoms with van der Waals surface area (Å²) in [6.07, 6.45) is 0. The second-order valence-corrected chi connectivity index (χ2v) is 11.8. The molecule has 0 aliphatic heterocycles. The van der Waals surface area contributed by atoms with Crippen LogP contribution in [0.25, 0.3) is 10.8 Å². The summed E-state index contributed by atoms with van der Waals surface area (Å²) in [5, 5.41) is 2.52. The van der Waals surface area contributed by atoms with Crippen molar-refractivity contribution < 1.29 is 0 Å². The predicted molar refractivity (Wildman–Crippen MR) is 163 cm³/mol.